The number of hydrogen-bond acceptors (Lipinski definition) is 9. The lowest BCUT2D eigenvalue weighted by molar-refractivity contribution is 0.120. The van der Waals surface area contributed by atoms with Gasteiger partial charge in [0.2, 0.25) is 0 Å². The van der Waals surface area contributed by atoms with E-state index in [1.807, 2.05) is 32.2 Å². The number of phenols is 1. The van der Waals surface area contributed by atoms with Gasteiger partial charge in [-0.15, -0.1) is 4.99 Å². The molecule has 6 N–H and O–H groups in total. The molecule has 2 aliphatic carbocycles. The largest absolute Gasteiger partial charge is 0.592 e. The van der Waals surface area contributed by atoms with E-state index in [1.165, 1.54) is 24.8 Å². The Balaban J connectivity index is 1.22. The third-order valence-corrected chi connectivity index (χ3v) is 10.2. The standard InChI is InChI=1S/C37H55N3O6/c1-4-5-9-35-26(21-41)17-27(46-35)13-10-24-11-15-33(43)36(16-24)45-22-34(44)31-18-29-30(40-31)14-12-25-7-6-8-28(25)37(29)32(20-38-3)39-19-23(2)42/h11,15-18,23,25,28,32,34-35,37-39,41-44H,4-10,12-14,19-22H2,1-3H3. The number of nitrogens with one attached hydrogen (secondary N) is 2. The zero-order chi connectivity index (χ0) is 32.6. The first kappa shape index (κ1) is 34.6. The van der Waals surface area contributed by atoms with E-state index in [0.29, 0.717) is 43.0 Å². The third kappa shape index (κ3) is 8.42. The van der Waals surface area contributed by atoms with E-state index in [4.69, 9.17) is 14.5 Å². The van der Waals surface area contributed by atoms with Gasteiger partial charge in [0.05, 0.1) is 18.1 Å². The number of hydrogen-bond donors (Lipinski definition) is 6. The smallest absolute Gasteiger partial charge is 0.189 e. The van der Waals surface area contributed by atoms with Crippen molar-refractivity contribution in [1.29, 1.82) is 0 Å². The van der Waals surface area contributed by atoms with Gasteiger partial charge >= 0.3 is 0 Å². The first-order chi connectivity index (χ1) is 22.3. The lowest BCUT2D eigenvalue weighted by atomic mass is 9.75. The van der Waals surface area contributed by atoms with Gasteiger partial charge < -0.3 is 40.5 Å². The average molecular weight is 638 g/mol. The van der Waals surface area contributed by atoms with Crippen LogP contribution in [0, 0.1) is 29.7 Å². The van der Waals surface area contributed by atoms with Gasteiger partial charge in [0.1, 0.15) is 12.2 Å². The second-order valence-electron chi connectivity index (χ2n) is 13.6. The first-order valence-electron chi connectivity index (χ1n) is 17.5. The Bertz CT molecular complexity index is 1230. The number of aliphatic imine (C=N–C) groups is 1. The molecule has 0 saturated heterocycles. The number of nitrogens with zero attached hydrogens (tertiary/aromatic N) is 1. The molecular formula is C37H55N3O6. The van der Waals surface area contributed by atoms with Gasteiger partial charge in [-0.1, -0.05) is 50.9 Å². The molecule has 2 heterocycles. The van der Waals surface area contributed by atoms with E-state index in [-0.39, 0.29) is 37.0 Å². The summed E-state index contributed by atoms with van der Waals surface area (Å²) in [4.78, 5) is 4.96. The van der Waals surface area contributed by atoms with Crippen molar-refractivity contribution in [2.75, 3.05) is 33.4 Å². The van der Waals surface area contributed by atoms with E-state index >= 15 is 0 Å². The van der Waals surface area contributed by atoms with Crippen LogP contribution in [0.1, 0.15) is 77.2 Å². The van der Waals surface area contributed by atoms with E-state index in [0.717, 1.165) is 61.6 Å². The van der Waals surface area contributed by atoms with Crippen LogP contribution < -0.4 is 15.4 Å². The summed E-state index contributed by atoms with van der Waals surface area (Å²) in [5.41, 5.74) is 3.27. The Kier molecular flexibility index (Phi) is 12.4. The van der Waals surface area contributed by atoms with Crippen molar-refractivity contribution in [3.05, 3.63) is 59.2 Å². The summed E-state index contributed by atoms with van der Waals surface area (Å²) in [6.45, 7) is 5.26. The minimum atomic E-state index is -0.937. The molecule has 1 aromatic rings. The zero-order valence-electron chi connectivity index (χ0n) is 27.9. The topological polar surface area (TPSA) is 136 Å². The highest BCUT2D eigenvalue weighted by molar-refractivity contribution is 6.04. The molecule has 2 saturated carbocycles. The fraction of sp³-hybridized carbons (Fsp3) is 0.649. The summed E-state index contributed by atoms with van der Waals surface area (Å²) in [5.74, 6) is 3.64. The second-order valence-corrected chi connectivity index (χ2v) is 13.6. The lowest BCUT2D eigenvalue weighted by Crippen LogP contribution is -2.49. The molecule has 0 spiro atoms. The van der Waals surface area contributed by atoms with Crippen molar-refractivity contribution in [2.45, 2.75) is 102 Å². The number of aliphatic hydroxyl groups is 3. The van der Waals surface area contributed by atoms with Crippen LogP contribution in [0.2, 0.25) is 0 Å². The SMILES string of the molecule is CCCCC1OC(CCc2ccc(O)c(OCC(O)[C+]3C=C4C(=N3)CCC3CCCC3C4C(CNC)NCC(C)O)c2)=C[C-]1CO. The number of ether oxygens (including phenoxy) is 2. The predicted molar refractivity (Wildman–Crippen MR) is 180 cm³/mol. The molecule has 254 valence electrons. The average Bonchev–Trinajstić information content (AvgIpc) is 3.77. The molecule has 46 heavy (non-hydrogen) atoms. The Morgan fingerprint density at radius 1 is 1.17 bits per heavy atom. The highest BCUT2D eigenvalue weighted by Gasteiger charge is 2.50. The zero-order valence-corrected chi connectivity index (χ0v) is 27.9. The summed E-state index contributed by atoms with van der Waals surface area (Å²) in [5, 5.41) is 48.6. The number of aryl methyl sites for hydroxylation is 1. The minimum Gasteiger partial charge on any atom is -0.592 e. The van der Waals surface area contributed by atoms with Crippen molar-refractivity contribution >= 4 is 5.71 Å². The molecule has 4 aliphatic rings. The van der Waals surface area contributed by atoms with Crippen LogP contribution >= 0.6 is 0 Å². The Morgan fingerprint density at radius 2 is 2.02 bits per heavy atom. The number of unbranched alkanes of at least 4 members (excludes halogenated alkanes) is 1. The van der Waals surface area contributed by atoms with Gasteiger partial charge in [0.15, 0.2) is 29.4 Å². The maximum atomic E-state index is 11.3. The number of aliphatic hydroxyl groups excluding tert-OH is 3. The molecule has 0 bridgehead atoms. The van der Waals surface area contributed by atoms with Gasteiger partial charge in [-0.25, -0.2) is 0 Å². The van der Waals surface area contributed by atoms with Crippen LogP contribution in [-0.4, -0.2) is 83.8 Å². The van der Waals surface area contributed by atoms with Gasteiger partial charge in [-0.3, -0.25) is 0 Å². The maximum Gasteiger partial charge on any atom is 0.189 e. The van der Waals surface area contributed by atoms with Crippen molar-refractivity contribution in [3.63, 3.8) is 0 Å². The molecule has 9 heteroatoms. The molecule has 0 radical (unpaired) electrons. The Labute approximate surface area is 275 Å². The quantitative estimate of drug-likeness (QED) is 0.138. The summed E-state index contributed by atoms with van der Waals surface area (Å²) in [6.07, 6.45) is 12.8. The third-order valence-electron chi connectivity index (χ3n) is 10.2. The lowest BCUT2D eigenvalue weighted by Gasteiger charge is -2.32. The monoisotopic (exact) mass is 637 g/mol. The second kappa shape index (κ2) is 16.4. The van der Waals surface area contributed by atoms with E-state index in [1.54, 1.807) is 6.07 Å². The summed E-state index contributed by atoms with van der Waals surface area (Å²) >= 11 is 0. The van der Waals surface area contributed by atoms with Crippen LogP contribution in [0.5, 0.6) is 11.5 Å². The van der Waals surface area contributed by atoms with Gasteiger partial charge in [-0.2, -0.15) is 12.0 Å². The normalized spacial score (nSPS) is 26.0. The molecule has 0 aromatic heterocycles. The number of likely N-dealkylation sites (N-methyl/N-ethyl adjacent to an activating group) is 1. The number of rotatable bonds is 17. The fourth-order valence-electron chi connectivity index (χ4n) is 7.84. The predicted octanol–water partition coefficient (Wildman–Crippen LogP) is 4.40. The molecule has 7 atom stereocenters. The summed E-state index contributed by atoms with van der Waals surface area (Å²) in [6, 6.07) is 6.08. The van der Waals surface area contributed by atoms with Crippen LogP contribution in [0.4, 0.5) is 0 Å². The fourth-order valence-corrected chi connectivity index (χ4v) is 7.84. The molecule has 5 rings (SSSR count). The number of aromatic hydroxyl groups is 1. The molecule has 2 aliphatic heterocycles. The number of phenolic OH excluding ortho intramolecular Hbond substituents is 1. The van der Waals surface area contributed by atoms with Crippen molar-refractivity contribution < 1.29 is 29.9 Å². The van der Waals surface area contributed by atoms with Crippen LogP contribution in [0.15, 0.2) is 46.7 Å². The van der Waals surface area contributed by atoms with E-state index in [9.17, 15) is 20.4 Å². The molecule has 0 amide bonds. The van der Waals surface area contributed by atoms with E-state index < -0.39 is 12.2 Å². The number of benzene rings is 1. The van der Waals surface area contributed by atoms with Crippen molar-refractivity contribution in [1.82, 2.24) is 10.6 Å². The van der Waals surface area contributed by atoms with Crippen molar-refractivity contribution in [3.8, 4) is 11.5 Å². The van der Waals surface area contributed by atoms with Gasteiger partial charge in [0.25, 0.3) is 0 Å². The minimum absolute atomic E-state index is 0.0107. The van der Waals surface area contributed by atoms with Crippen molar-refractivity contribution in [2.24, 2.45) is 22.7 Å². The van der Waals surface area contributed by atoms with Gasteiger partial charge in [0, 0.05) is 38.3 Å². The summed E-state index contributed by atoms with van der Waals surface area (Å²) < 4.78 is 12.1. The highest BCUT2D eigenvalue weighted by atomic mass is 16.5. The molecule has 7 unspecified atom stereocenters. The molecule has 9 nitrogen and oxygen atoms in total. The molecule has 1 aromatic carbocycles. The Hall–Kier alpha value is -2.69. The highest BCUT2D eigenvalue weighted by Crippen LogP contribution is 2.48. The summed E-state index contributed by atoms with van der Waals surface area (Å²) in [7, 11) is 1.97. The van der Waals surface area contributed by atoms with Gasteiger partial charge in [-0.05, 0) is 69.2 Å². The first-order valence-corrected chi connectivity index (χ1v) is 17.5. The number of fused-ring (bicyclic) bond motifs is 2. The molecule has 2 fully saturated rings. The maximum absolute atomic E-state index is 11.3. The van der Waals surface area contributed by atoms with Crippen LogP contribution in [0.3, 0.4) is 0 Å². The van der Waals surface area contributed by atoms with Crippen LogP contribution in [0.25, 0.3) is 0 Å². The Morgan fingerprint density at radius 3 is 2.78 bits per heavy atom. The van der Waals surface area contributed by atoms with E-state index in [2.05, 4.69) is 23.6 Å². The van der Waals surface area contributed by atoms with Crippen LogP contribution in [-0.2, 0) is 11.2 Å². The number of allylic oxidation sites excluding steroid dienone is 1. The molecular weight excluding hydrogens is 582 g/mol.